The molecule has 2 aromatic rings. The van der Waals surface area contributed by atoms with Gasteiger partial charge in [0.05, 0.1) is 6.54 Å². The van der Waals surface area contributed by atoms with Gasteiger partial charge in [-0.15, -0.1) is 0 Å². The van der Waals surface area contributed by atoms with Gasteiger partial charge in [0.15, 0.2) is 5.82 Å². The highest BCUT2D eigenvalue weighted by Crippen LogP contribution is 2.05. The normalized spacial score (nSPS) is 11.2. The van der Waals surface area contributed by atoms with E-state index in [9.17, 15) is 0 Å². The lowest BCUT2D eigenvalue weighted by molar-refractivity contribution is 0.407. The molecule has 0 unspecified atom stereocenters. The molecule has 0 aliphatic heterocycles. The number of rotatable bonds is 5. The molecular formula is C11H16N4O. The molecule has 0 aliphatic rings. The predicted molar refractivity (Wildman–Crippen MR) is 59.8 cm³/mol. The van der Waals surface area contributed by atoms with Crippen LogP contribution in [0.4, 0.5) is 0 Å². The van der Waals surface area contributed by atoms with E-state index in [2.05, 4.69) is 39.9 Å². The summed E-state index contributed by atoms with van der Waals surface area (Å²) in [7, 11) is 0. The summed E-state index contributed by atoms with van der Waals surface area (Å²) in [5.74, 6) is 0.696. The SMILES string of the molecule is CC(C)NCc1cccn1Cc1ncon1. The molecule has 0 spiro atoms. The average Bonchev–Trinajstić information content (AvgIpc) is 2.87. The Morgan fingerprint density at radius 1 is 1.50 bits per heavy atom. The van der Waals surface area contributed by atoms with E-state index in [4.69, 9.17) is 4.52 Å². The largest absolute Gasteiger partial charge is 0.343 e. The van der Waals surface area contributed by atoms with E-state index in [0.717, 1.165) is 6.54 Å². The van der Waals surface area contributed by atoms with Crippen LogP contribution in [0.1, 0.15) is 25.4 Å². The summed E-state index contributed by atoms with van der Waals surface area (Å²) in [6, 6.07) is 4.60. The highest BCUT2D eigenvalue weighted by Gasteiger charge is 2.05. The molecule has 0 saturated heterocycles. The van der Waals surface area contributed by atoms with Gasteiger partial charge in [-0.25, -0.2) is 0 Å². The van der Waals surface area contributed by atoms with Crippen LogP contribution in [0.15, 0.2) is 29.2 Å². The summed E-state index contributed by atoms with van der Waals surface area (Å²) in [5, 5.41) is 7.18. The maximum Gasteiger partial charge on any atom is 0.213 e. The molecule has 0 fully saturated rings. The van der Waals surface area contributed by atoms with Crippen LogP contribution in [0, 0.1) is 0 Å². The first kappa shape index (κ1) is 10.9. The van der Waals surface area contributed by atoms with Crippen molar-refractivity contribution in [2.24, 2.45) is 0 Å². The minimum Gasteiger partial charge on any atom is -0.343 e. The van der Waals surface area contributed by atoms with Gasteiger partial charge in [-0.3, -0.25) is 0 Å². The second-order valence-corrected chi connectivity index (χ2v) is 4.01. The van der Waals surface area contributed by atoms with Gasteiger partial charge >= 0.3 is 0 Å². The third-order valence-electron chi connectivity index (χ3n) is 2.33. The first-order chi connectivity index (χ1) is 7.75. The maximum absolute atomic E-state index is 4.71. The van der Waals surface area contributed by atoms with E-state index in [1.807, 2.05) is 12.3 Å². The topological polar surface area (TPSA) is 55.9 Å². The molecule has 2 aromatic heterocycles. The fourth-order valence-electron chi connectivity index (χ4n) is 1.49. The molecule has 0 saturated carbocycles. The Balaban J connectivity index is 2.01. The van der Waals surface area contributed by atoms with Crippen molar-refractivity contribution >= 4 is 0 Å². The lowest BCUT2D eigenvalue weighted by Gasteiger charge is -2.10. The van der Waals surface area contributed by atoms with Crippen LogP contribution < -0.4 is 5.32 Å². The van der Waals surface area contributed by atoms with Crippen molar-refractivity contribution < 1.29 is 4.52 Å². The van der Waals surface area contributed by atoms with Gasteiger partial charge in [-0.1, -0.05) is 19.0 Å². The molecule has 0 aromatic carbocycles. The fraction of sp³-hybridized carbons (Fsp3) is 0.455. The smallest absolute Gasteiger partial charge is 0.213 e. The Labute approximate surface area is 94.5 Å². The summed E-state index contributed by atoms with van der Waals surface area (Å²) >= 11 is 0. The van der Waals surface area contributed by atoms with Gasteiger partial charge in [0.1, 0.15) is 0 Å². The molecule has 5 nitrogen and oxygen atoms in total. The van der Waals surface area contributed by atoms with Crippen molar-refractivity contribution in [3.63, 3.8) is 0 Å². The van der Waals surface area contributed by atoms with E-state index in [1.165, 1.54) is 12.1 Å². The van der Waals surface area contributed by atoms with E-state index in [1.54, 1.807) is 0 Å². The van der Waals surface area contributed by atoms with Crippen molar-refractivity contribution in [2.45, 2.75) is 33.0 Å². The Bertz CT molecular complexity index is 419. The van der Waals surface area contributed by atoms with Crippen LogP contribution in [0.5, 0.6) is 0 Å². The van der Waals surface area contributed by atoms with Crippen molar-refractivity contribution in [3.05, 3.63) is 36.2 Å². The molecule has 2 rings (SSSR count). The zero-order valence-corrected chi connectivity index (χ0v) is 9.55. The molecular weight excluding hydrogens is 204 g/mol. The molecule has 0 aliphatic carbocycles. The summed E-state index contributed by atoms with van der Waals surface area (Å²) in [4.78, 5) is 4.01. The number of nitrogens with zero attached hydrogens (tertiary/aromatic N) is 3. The highest BCUT2D eigenvalue weighted by atomic mass is 16.5. The minimum atomic E-state index is 0.480. The number of aromatic nitrogens is 3. The molecule has 0 atom stereocenters. The van der Waals surface area contributed by atoms with Crippen LogP contribution in [-0.2, 0) is 13.1 Å². The molecule has 2 heterocycles. The first-order valence-electron chi connectivity index (χ1n) is 5.38. The summed E-state index contributed by atoms with van der Waals surface area (Å²) in [5.41, 5.74) is 1.22. The van der Waals surface area contributed by atoms with Gasteiger partial charge < -0.3 is 14.4 Å². The maximum atomic E-state index is 4.71. The Morgan fingerprint density at radius 2 is 2.38 bits per heavy atom. The minimum absolute atomic E-state index is 0.480. The lowest BCUT2D eigenvalue weighted by atomic mass is 10.3. The first-order valence-corrected chi connectivity index (χ1v) is 5.38. The van der Waals surface area contributed by atoms with Crippen LogP contribution in [0.25, 0.3) is 0 Å². The standard InChI is InChI=1S/C11H16N4O/c1-9(2)12-6-10-4-3-5-15(10)7-11-13-8-16-14-11/h3-5,8-9,12H,6-7H2,1-2H3. The van der Waals surface area contributed by atoms with E-state index < -0.39 is 0 Å². The van der Waals surface area contributed by atoms with Crippen molar-refractivity contribution in [1.82, 2.24) is 20.0 Å². The van der Waals surface area contributed by atoms with Crippen LogP contribution >= 0.6 is 0 Å². The summed E-state index contributed by atoms with van der Waals surface area (Å²) < 4.78 is 6.82. The third-order valence-corrected chi connectivity index (χ3v) is 2.33. The zero-order valence-electron chi connectivity index (χ0n) is 9.55. The van der Waals surface area contributed by atoms with Crippen molar-refractivity contribution in [3.8, 4) is 0 Å². The average molecular weight is 220 g/mol. The second-order valence-electron chi connectivity index (χ2n) is 4.01. The lowest BCUT2D eigenvalue weighted by Crippen LogP contribution is -2.23. The number of hydrogen-bond donors (Lipinski definition) is 1. The molecule has 0 amide bonds. The van der Waals surface area contributed by atoms with Crippen LogP contribution in [0.3, 0.4) is 0 Å². The highest BCUT2D eigenvalue weighted by molar-refractivity contribution is 5.08. The number of hydrogen-bond acceptors (Lipinski definition) is 4. The van der Waals surface area contributed by atoms with Gasteiger partial charge in [-0.05, 0) is 12.1 Å². The molecule has 1 N–H and O–H groups in total. The van der Waals surface area contributed by atoms with Crippen molar-refractivity contribution in [2.75, 3.05) is 0 Å². The third kappa shape index (κ3) is 2.70. The summed E-state index contributed by atoms with van der Waals surface area (Å²) in [6.45, 7) is 5.76. The van der Waals surface area contributed by atoms with Crippen LogP contribution in [0.2, 0.25) is 0 Å². The Kier molecular flexibility index (Phi) is 3.36. The van der Waals surface area contributed by atoms with Gasteiger partial charge in [0.2, 0.25) is 6.39 Å². The quantitative estimate of drug-likeness (QED) is 0.828. The van der Waals surface area contributed by atoms with Crippen molar-refractivity contribution in [1.29, 1.82) is 0 Å². The van der Waals surface area contributed by atoms with Gasteiger partial charge in [0.25, 0.3) is 0 Å². The molecule has 16 heavy (non-hydrogen) atoms. The van der Waals surface area contributed by atoms with E-state index in [0.29, 0.717) is 18.4 Å². The monoisotopic (exact) mass is 220 g/mol. The predicted octanol–water partition coefficient (Wildman–Crippen LogP) is 1.42. The van der Waals surface area contributed by atoms with E-state index in [-0.39, 0.29) is 0 Å². The molecule has 86 valence electrons. The number of nitrogens with one attached hydrogen (secondary N) is 1. The summed E-state index contributed by atoms with van der Waals surface area (Å²) in [6.07, 6.45) is 3.37. The fourth-order valence-corrected chi connectivity index (χ4v) is 1.49. The molecule has 0 radical (unpaired) electrons. The second kappa shape index (κ2) is 4.94. The van der Waals surface area contributed by atoms with Gasteiger partial charge in [0, 0.05) is 24.5 Å². The van der Waals surface area contributed by atoms with Crippen LogP contribution in [-0.4, -0.2) is 20.7 Å². The molecule has 5 heteroatoms. The zero-order chi connectivity index (χ0) is 11.4. The van der Waals surface area contributed by atoms with E-state index >= 15 is 0 Å². The van der Waals surface area contributed by atoms with Gasteiger partial charge in [-0.2, -0.15) is 4.98 Å². The molecule has 0 bridgehead atoms. The Morgan fingerprint density at radius 3 is 3.06 bits per heavy atom. The Hall–Kier alpha value is -1.62.